The lowest BCUT2D eigenvalue weighted by atomic mass is 10.1. The molecule has 0 aliphatic carbocycles. The molecule has 3 rings (SSSR count). The van der Waals surface area contributed by atoms with Gasteiger partial charge in [0, 0.05) is 18.1 Å². The number of benzene rings is 3. The second-order valence-electron chi connectivity index (χ2n) is 8.89. The van der Waals surface area contributed by atoms with Crippen molar-refractivity contribution < 1.29 is 18.0 Å². The number of unbranched alkanes of at least 4 members (excludes halogenated alkanes) is 1. The van der Waals surface area contributed by atoms with Crippen molar-refractivity contribution in [1.29, 1.82) is 0 Å². The number of carbonyl (C=O) groups is 2. The molecule has 1 N–H and O–H groups in total. The maximum Gasteiger partial charge on any atom is 0.264 e. The maximum absolute atomic E-state index is 13.9. The molecule has 11 heteroatoms. The summed E-state index contributed by atoms with van der Waals surface area (Å²) in [6, 6.07) is 18.1. The first-order valence-electron chi connectivity index (χ1n) is 12.4. The van der Waals surface area contributed by atoms with E-state index in [-0.39, 0.29) is 17.3 Å². The van der Waals surface area contributed by atoms with Crippen molar-refractivity contribution in [3.8, 4) is 0 Å². The lowest BCUT2D eigenvalue weighted by molar-refractivity contribution is -0.139. The van der Waals surface area contributed by atoms with Crippen molar-refractivity contribution in [3.05, 3.63) is 93.4 Å². The van der Waals surface area contributed by atoms with Gasteiger partial charge in [-0.15, -0.1) is 0 Å². The van der Waals surface area contributed by atoms with E-state index in [9.17, 15) is 18.0 Å². The molecule has 39 heavy (non-hydrogen) atoms. The number of sulfonamides is 1. The van der Waals surface area contributed by atoms with Gasteiger partial charge in [0.05, 0.1) is 20.6 Å². The fourth-order valence-corrected chi connectivity index (χ4v) is 5.67. The molecular weight excluding hydrogens is 581 g/mol. The molecule has 3 aromatic carbocycles. The van der Waals surface area contributed by atoms with Crippen molar-refractivity contribution in [3.63, 3.8) is 0 Å². The molecule has 0 fully saturated rings. The standard InChI is InChI=1S/C28H30Cl3N3O4S/c1-3-4-16-32-28(36)20(2)33(18-21-10-15-25(30)26(31)17-21)27(35)19-34(23-8-6-5-7-9-23)39(37,38)24-13-11-22(29)12-14-24/h5-15,17,20H,3-4,16,18-19H2,1-2H3,(H,32,36)/t20-/m1/s1. The van der Waals surface area contributed by atoms with E-state index in [1.54, 1.807) is 55.5 Å². The molecule has 208 valence electrons. The predicted octanol–water partition coefficient (Wildman–Crippen LogP) is 6.18. The SMILES string of the molecule is CCCCNC(=O)[C@@H](C)N(Cc1ccc(Cl)c(Cl)c1)C(=O)CN(c1ccccc1)S(=O)(=O)c1ccc(Cl)cc1. The van der Waals surface area contributed by atoms with Gasteiger partial charge in [-0.2, -0.15) is 0 Å². The van der Waals surface area contributed by atoms with Crippen LogP contribution in [0.1, 0.15) is 32.3 Å². The molecule has 7 nitrogen and oxygen atoms in total. The molecule has 1 atom stereocenters. The van der Waals surface area contributed by atoms with Crippen LogP contribution in [0.5, 0.6) is 0 Å². The normalized spacial score (nSPS) is 12.0. The molecule has 0 radical (unpaired) electrons. The quantitative estimate of drug-likeness (QED) is 0.248. The van der Waals surface area contributed by atoms with Gasteiger partial charge < -0.3 is 10.2 Å². The minimum absolute atomic E-state index is 0.0156. The van der Waals surface area contributed by atoms with E-state index in [2.05, 4.69) is 5.32 Å². The van der Waals surface area contributed by atoms with Gasteiger partial charge in [-0.1, -0.05) is 72.4 Å². The molecule has 2 amide bonds. The zero-order valence-electron chi connectivity index (χ0n) is 21.6. The molecule has 0 saturated carbocycles. The summed E-state index contributed by atoms with van der Waals surface area (Å²) in [5.41, 5.74) is 0.938. The Balaban J connectivity index is 1.98. The second kappa shape index (κ2) is 14.0. The highest BCUT2D eigenvalue weighted by Crippen LogP contribution is 2.26. The Morgan fingerprint density at radius 2 is 1.59 bits per heavy atom. The highest BCUT2D eigenvalue weighted by molar-refractivity contribution is 7.92. The fourth-order valence-electron chi connectivity index (χ4n) is 3.81. The first kappa shape index (κ1) is 30.8. The number of halogens is 3. The largest absolute Gasteiger partial charge is 0.354 e. The highest BCUT2D eigenvalue weighted by Gasteiger charge is 2.32. The lowest BCUT2D eigenvalue weighted by Gasteiger charge is -2.32. The third-order valence-electron chi connectivity index (χ3n) is 6.06. The van der Waals surface area contributed by atoms with Crippen LogP contribution in [0, 0.1) is 0 Å². The number of carbonyl (C=O) groups excluding carboxylic acids is 2. The van der Waals surface area contributed by atoms with Crippen LogP contribution in [-0.2, 0) is 26.2 Å². The van der Waals surface area contributed by atoms with Gasteiger partial charge in [0.15, 0.2) is 0 Å². The lowest BCUT2D eigenvalue weighted by Crippen LogP contribution is -2.51. The summed E-state index contributed by atoms with van der Waals surface area (Å²) in [5.74, 6) is -0.913. The van der Waals surface area contributed by atoms with E-state index in [4.69, 9.17) is 34.8 Å². The highest BCUT2D eigenvalue weighted by atomic mass is 35.5. The first-order valence-corrected chi connectivity index (χ1v) is 15.0. The van der Waals surface area contributed by atoms with E-state index >= 15 is 0 Å². The number of amides is 2. The topological polar surface area (TPSA) is 86.8 Å². The zero-order valence-corrected chi connectivity index (χ0v) is 24.7. The predicted molar refractivity (Wildman–Crippen MR) is 157 cm³/mol. The maximum atomic E-state index is 13.9. The third-order valence-corrected chi connectivity index (χ3v) is 8.84. The van der Waals surface area contributed by atoms with Gasteiger partial charge in [0.1, 0.15) is 12.6 Å². The molecule has 0 aromatic heterocycles. The van der Waals surface area contributed by atoms with Gasteiger partial charge in [-0.3, -0.25) is 13.9 Å². The smallest absolute Gasteiger partial charge is 0.264 e. The second-order valence-corrected chi connectivity index (χ2v) is 12.0. The number of anilines is 1. The van der Waals surface area contributed by atoms with Gasteiger partial charge in [-0.25, -0.2) is 8.42 Å². The summed E-state index contributed by atoms with van der Waals surface area (Å²) in [7, 11) is -4.16. The van der Waals surface area contributed by atoms with Crippen molar-refractivity contribution in [1.82, 2.24) is 10.2 Å². The summed E-state index contributed by atoms with van der Waals surface area (Å²) in [6.07, 6.45) is 1.69. The van der Waals surface area contributed by atoms with Gasteiger partial charge in [0.2, 0.25) is 11.8 Å². The van der Waals surface area contributed by atoms with Crippen LogP contribution in [0.3, 0.4) is 0 Å². The zero-order chi connectivity index (χ0) is 28.6. The van der Waals surface area contributed by atoms with E-state index in [0.29, 0.717) is 32.9 Å². The number of para-hydroxylation sites is 1. The summed E-state index contributed by atoms with van der Waals surface area (Å²) in [4.78, 5) is 28.2. The van der Waals surface area contributed by atoms with E-state index in [0.717, 1.165) is 17.1 Å². The number of nitrogens with one attached hydrogen (secondary N) is 1. The average molecular weight is 611 g/mol. The van der Waals surface area contributed by atoms with Crippen LogP contribution in [0.2, 0.25) is 15.1 Å². The molecule has 0 spiro atoms. The van der Waals surface area contributed by atoms with E-state index < -0.39 is 28.5 Å². The molecule has 0 aliphatic rings. The van der Waals surface area contributed by atoms with E-state index in [1.165, 1.54) is 29.2 Å². The third kappa shape index (κ3) is 8.11. The number of rotatable bonds is 12. The Labute approximate surface area is 244 Å². The van der Waals surface area contributed by atoms with Crippen LogP contribution < -0.4 is 9.62 Å². The van der Waals surface area contributed by atoms with Crippen molar-refractivity contribution in [2.45, 2.75) is 44.2 Å². The Morgan fingerprint density at radius 1 is 0.923 bits per heavy atom. The summed E-state index contributed by atoms with van der Waals surface area (Å²) < 4.78 is 28.5. The van der Waals surface area contributed by atoms with Crippen LogP contribution in [0.25, 0.3) is 0 Å². The summed E-state index contributed by atoms with van der Waals surface area (Å²) in [5, 5.41) is 3.89. The Morgan fingerprint density at radius 3 is 2.21 bits per heavy atom. The minimum atomic E-state index is -4.16. The van der Waals surface area contributed by atoms with Crippen LogP contribution in [0.4, 0.5) is 5.69 Å². The Hall–Kier alpha value is -2.78. The van der Waals surface area contributed by atoms with Gasteiger partial charge in [-0.05, 0) is 67.4 Å². The molecule has 0 saturated heterocycles. The van der Waals surface area contributed by atoms with E-state index in [1.807, 2.05) is 6.92 Å². The molecule has 0 unspecified atom stereocenters. The van der Waals surface area contributed by atoms with Gasteiger partial charge in [0.25, 0.3) is 10.0 Å². The summed E-state index contributed by atoms with van der Waals surface area (Å²) >= 11 is 18.2. The Bertz CT molecular complexity index is 1390. The molecule has 0 aliphatic heterocycles. The van der Waals surface area contributed by atoms with Crippen LogP contribution >= 0.6 is 34.8 Å². The fraction of sp³-hybridized carbons (Fsp3) is 0.286. The molecule has 0 heterocycles. The number of hydrogen-bond acceptors (Lipinski definition) is 4. The number of hydrogen-bond donors (Lipinski definition) is 1. The van der Waals surface area contributed by atoms with Crippen molar-refractivity contribution in [2.75, 3.05) is 17.4 Å². The van der Waals surface area contributed by atoms with Crippen molar-refractivity contribution in [2.24, 2.45) is 0 Å². The first-order chi connectivity index (χ1) is 18.5. The molecule has 0 bridgehead atoms. The summed E-state index contributed by atoms with van der Waals surface area (Å²) in [6.45, 7) is 3.56. The number of nitrogens with zero attached hydrogens (tertiary/aromatic N) is 2. The molecule has 3 aromatic rings. The van der Waals surface area contributed by atoms with Gasteiger partial charge >= 0.3 is 0 Å². The average Bonchev–Trinajstić information content (AvgIpc) is 2.92. The van der Waals surface area contributed by atoms with Crippen LogP contribution in [0.15, 0.2) is 77.7 Å². The minimum Gasteiger partial charge on any atom is -0.354 e. The van der Waals surface area contributed by atoms with Crippen LogP contribution in [-0.4, -0.2) is 44.3 Å². The molecular formula is C28H30Cl3N3O4S. The Kier molecular flexibility index (Phi) is 11.1. The van der Waals surface area contributed by atoms with Crippen molar-refractivity contribution >= 4 is 62.3 Å². The monoisotopic (exact) mass is 609 g/mol.